The number of hydrogen-bond acceptors (Lipinski definition) is 3. The molecule has 0 aromatic rings. The van der Waals surface area contributed by atoms with Gasteiger partial charge >= 0.3 is 29.3 Å². The van der Waals surface area contributed by atoms with Crippen molar-refractivity contribution >= 4 is 25.5 Å². The molecule has 4 nitrogen and oxygen atoms in total. The summed E-state index contributed by atoms with van der Waals surface area (Å²) in [7, 11) is -1.42. The van der Waals surface area contributed by atoms with E-state index in [4.69, 9.17) is 12.7 Å². The Balaban J connectivity index is -0.0000000275. The van der Waals surface area contributed by atoms with Crippen molar-refractivity contribution in [2.75, 3.05) is 0 Å². The van der Waals surface area contributed by atoms with Gasteiger partial charge in [-0.15, -0.1) is 0 Å². The summed E-state index contributed by atoms with van der Waals surface area (Å²) in [5.41, 5.74) is 0. The summed E-state index contributed by atoms with van der Waals surface area (Å²) in [5.74, 6) is 0. The van der Waals surface area contributed by atoms with Crippen LogP contribution in [0.25, 0.3) is 0 Å². The van der Waals surface area contributed by atoms with Crippen molar-refractivity contribution in [3.63, 3.8) is 0 Å². The predicted octanol–water partition coefficient (Wildman–Crippen LogP) is -2.21. The van der Waals surface area contributed by atoms with Crippen LogP contribution < -0.4 is 0 Å². The summed E-state index contributed by atoms with van der Waals surface area (Å²) < 4.78 is 25.1. The Bertz CT molecular complexity index is 36.8. The molecule has 0 saturated heterocycles. The molecule has 0 aliphatic heterocycles. The Hall–Kier alpha value is 0.109. The van der Waals surface area contributed by atoms with Crippen molar-refractivity contribution in [3.05, 3.63) is 0 Å². The summed E-state index contributed by atoms with van der Waals surface area (Å²) in [6.45, 7) is 0. The second-order valence-electron chi connectivity index (χ2n) is 0.0833. The standard InChI is InChI=1S/Al.O2Si.H2O.O.H/c;1-3-2;;;/h;;1H2;;. The molecule has 2 N–H and O–H groups in total. The number of rotatable bonds is 0. The fraction of sp³-hybridized carbons (Fsp3) is 0. The van der Waals surface area contributed by atoms with E-state index in [2.05, 4.69) is 0 Å². The van der Waals surface area contributed by atoms with Gasteiger partial charge in [-0.1, -0.05) is 0 Å². The molecule has 0 aliphatic rings. The van der Waals surface area contributed by atoms with E-state index in [0.717, 1.165) is 0 Å². The van der Waals surface area contributed by atoms with E-state index in [0.29, 0.717) is 16.2 Å². The van der Waals surface area contributed by atoms with E-state index in [-0.39, 0.29) is 5.48 Å². The molecule has 0 spiro atoms. The summed E-state index contributed by atoms with van der Waals surface area (Å²) in [5, 5.41) is 0. The fourth-order valence-corrected chi connectivity index (χ4v) is 0. The van der Waals surface area contributed by atoms with Crippen LogP contribution in [0.1, 0.15) is 0 Å². The van der Waals surface area contributed by atoms with E-state index < -0.39 is 9.29 Å². The minimum atomic E-state index is -1.42. The van der Waals surface area contributed by atoms with Crippen LogP contribution in [0.5, 0.6) is 0 Å². The molecule has 6 heteroatoms. The van der Waals surface area contributed by atoms with Gasteiger partial charge in [-0.3, -0.25) is 8.92 Å². The molecule has 0 aliphatic carbocycles. The average molecular weight is 122 g/mol. The van der Waals surface area contributed by atoms with Gasteiger partial charge in [-0.25, -0.2) is 0 Å². The first kappa shape index (κ1) is 16.5. The second kappa shape index (κ2) is 70.1. The van der Waals surface area contributed by atoms with Crippen LogP contribution >= 0.6 is 0 Å². The molecule has 0 heterocycles. The summed E-state index contributed by atoms with van der Waals surface area (Å²) in [6.07, 6.45) is 0. The van der Waals surface area contributed by atoms with Gasteiger partial charge in [0.05, 0.1) is 0 Å². The molecule has 0 saturated carbocycles. The van der Waals surface area contributed by atoms with Gasteiger partial charge in [0.15, 0.2) is 0 Å². The van der Waals surface area contributed by atoms with Gasteiger partial charge in [0.2, 0.25) is 0 Å². The summed E-state index contributed by atoms with van der Waals surface area (Å²) in [4.78, 5) is 0. The SMILES string of the molecule is O.O=[Si]=O.[O]=[AlH]. The summed E-state index contributed by atoms with van der Waals surface area (Å²) >= 11 is 0.611. The van der Waals surface area contributed by atoms with Gasteiger partial charge in [0.25, 0.3) is 0 Å². The minimum absolute atomic E-state index is 0. The fourth-order valence-electron chi connectivity index (χ4n) is 0. The average Bonchev–Trinajstić information content (AvgIpc) is 1.46. The van der Waals surface area contributed by atoms with Crippen molar-refractivity contribution in [1.29, 1.82) is 0 Å². The van der Waals surface area contributed by atoms with Crippen molar-refractivity contribution in [1.82, 2.24) is 0 Å². The third-order valence-electron chi connectivity index (χ3n) is 0. The molecule has 0 unspecified atom stereocenters. The van der Waals surface area contributed by atoms with E-state index in [1.807, 2.05) is 0 Å². The third-order valence-corrected chi connectivity index (χ3v) is 0. The van der Waals surface area contributed by atoms with Crippen LogP contribution in [0, 0.1) is 0 Å². The maximum absolute atomic E-state index is 8.40. The van der Waals surface area contributed by atoms with Crippen LogP contribution in [0.3, 0.4) is 0 Å². The quantitative estimate of drug-likeness (QED) is 0.341. The van der Waals surface area contributed by atoms with Crippen molar-refractivity contribution in [3.8, 4) is 0 Å². The van der Waals surface area contributed by atoms with Crippen molar-refractivity contribution in [2.45, 2.75) is 0 Å². The van der Waals surface area contributed by atoms with Crippen molar-refractivity contribution in [2.24, 2.45) is 0 Å². The van der Waals surface area contributed by atoms with Crippen LogP contribution in [0.15, 0.2) is 0 Å². The molecule has 0 radical (unpaired) electrons. The molecule has 6 heavy (non-hydrogen) atoms. The molecule has 0 aromatic carbocycles. The molecule has 0 aromatic heterocycles. The zero-order chi connectivity index (χ0) is 4.71. The molecule has 0 amide bonds. The first-order valence-corrected chi connectivity index (χ1v) is 2.09. The van der Waals surface area contributed by atoms with Gasteiger partial charge in [-0.05, 0) is 0 Å². The van der Waals surface area contributed by atoms with E-state index in [1.54, 1.807) is 0 Å². The Morgan fingerprint density at radius 3 is 1.17 bits per heavy atom. The Morgan fingerprint density at radius 1 is 1.17 bits per heavy atom. The van der Waals surface area contributed by atoms with E-state index in [1.165, 1.54) is 0 Å². The topological polar surface area (TPSA) is 82.7 Å². The van der Waals surface area contributed by atoms with E-state index in [9.17, 15) is 0 Å². The molecular formula is H3AlO4Si. The predicted molar refractivity (Wildman–Crippen MR) is 18.6 cm³/mol. The van der Waals surface area contributed by atoms with Crippen molar-refractivity contribution < 1.29 is 18.2 Å². The van der Waals surface area contributed by atoms with Gasteiger partial charge < -0.3 is 5.48 Å². The molecule has 34 valence electrons. The van der Waals surface area contributed by atoms with Crippen LogP contribution in [-0.4, -0.2) is 31.0 Å². The Morgan fingerprint density at radius 2 is 1.17 bits per heavy atom. The maximum atomic E-state index is 8.40. The first-order chi connectivity index (χ1) is 2.41. The zero-order valence-electron chi connectivity index (χ0n) is 2.93. The van der Waals surface area contributed by atoms with Crippen LogP contribution in [0.2, 0.25) is 0 Å². The summed E-state index contributed by atoms with van der Waals surface area (Å²) in [6, 6.07) is 0. The van der Waals surface area contributed by atoms with E-state index >= 15 is 0 Å². The van der Waals surface area contributed by atoms with Gasteiger partial charge in [-0.2, -0.15) is 0 Å². The molecule has 0 bridgehead atoms. The monoisotopic (exact) mass is 122 g/mol. The normalized spacial score (nSPS) is 1.83. The molecule has 0 rings (SSSR count). The van der Waals surface area contributed by atoms with Crippen LogP contribution in [0.4, 0.5) is 0 Å². The zero-order valence-corrected chi connectivity index (χ0v) is 5.35. The molecule has 0 atom stereocenters. The Kier molecular flexibility index (Phi) is 193. The van der Waals surface area contributed by atoms with Gasteiger partial charge in [0, 0.05) is 0 Å². The molecular weight excluding hydrogens is 119 g/mol. The first-order valence-electron chi connectivity index (χ1n) is 0.697. The van der Waals surface area contributed by atoms with Crippen LogP contribution in [-0.2, 0) is 12.7 Å². The second-order valence-corrected chi connectivity index (χ2v) is 0.250. The molecule has 0 fully saturated rings. The van der Waals surface area contributed by atoms with Gasteiger partial charge in [0.1, 0.15) is 0 Å². The number of hydrogen-bond donors (Lipinski definition) is 0. The Labute approximate surface area is 44.4 Å². The third kappa shape index (κ3) is 3320.